The second kappa shape index (κ2) is 5.55. The van der Waals surface area contributed by atoms with E-state index in [1.165, 1.54) is 6.92 Å². The van der Waals surface area contributed by atoms with E-state index in [2.05, 4.69) is 10.4 Å². The predicted molar refractivity (Wildman–Crippen MR) is 53.1 cm³/mol. The summed E-state index contributed by atoms with van der Waals surface area (Å²) in [6, 6.07) is 0.988. The van der Waals surface area contributed by atoms with E-state index in [0.29, 0.717) is 5.56 Å². The minimum atomic E-state index is -4.36. The highest BCUT2D eigenvalue weighted by atomic mass is 19.4. The number of aromatic nitrogens is 1. The zero-order valence-electron chi connectivity index (χ0n) is 8.81. The number of alkyl halides is 3. The highest BCUT2D eigenvalue weighted by molar-refractivity contribution is 5.43. The number of hydrogen-bond acceptors (Lipinski definition) is 3. The van der Waals surface area contributed by atoms with E-state index in [-0.39, 0.29) is 5.82 Å². The van der Waals surface area contributed by atoms with Crippen LogP contribution in [0.3, 0.4) is 0 Å². The quantitative estimate of drug-likeness (QED) is 0.566. The Bertz CT molecular complexity index is 310. The van der Waals surface area contributed by atoms with Gasteiger partial charge < -0.3 is 5.43 Å². The summed E-state index contributed by atoms with van der Waals surface area (Å²) in [7, 11) is 0. The third-order valence-electron chi connectivity index (χ3n) is 1.54. The van der Waals surface area contributed by atoms with Crippen LogP contribution in [0.25, 0.3) is 0 Å². The van der Waals surface area contributed by atoms with Crippen molar-refractivity contribution in [2.75, 3.05) is 5.43 Å². The minimum absolute atomic E-state index is 0.244. The number of hydrogen-bond donors (Lipinski definition) is 2. The Hall–Kier alpha value is -1.30. The zero-order chi connectivity index (χ0) is 12.1. The Kier molecular flexibility index (Phi) is 5.07. The molecule has 6 heteroatoms. The van der Waals surface area contributed by atoms with E-state index in [0.717, 1.165) is 12.3 Å². The van der Waals surface area contributed by atoms with Gasteiger partial charge in [0.1, 0.15) is 5.82 Å². The van der Waals surface area contributed by atoms with Gasteiger partial charge in [-0.3, -0.25) is 0 Å². The molecular weight excluding hydrogens is 207 g/mol. The number of nitrogens with two attached hydrogens (primary N) is 1. The number of nitrogen functional groups attached to an aromatic ring is 1. The maximum atomic E-state index is 12.1. The number of anilines is 1. The van der Waals surface area contributed by atoms with Gasteiger partial charge in [-0.2, -0.15) is 13.2 Å². The average Bonchev–Trinajstić information content (AvgIpc) is 2.19. The van der Waals surface area contributed by atoms with E-state index in [1.54, 1.807) is 0 Å². The summed E-state index contributed by atoms with van der Waals surface area (Å²) in [5.41, 5.74) is 1.78. The second-order valence-electron chi connectivity index (χ2n) is 2.53. The molecule has 86 valence electrons. The summed E-state index contributed by atoms with van der Waals surface area (Å²) in [6.45, 7) is 5.50. The molecule has 0 spiro atoms. The molecule has 0 aliphatic heterocycles. The fourth-order valence-corrected chi connectivity index (χ4v) is 0.881. The molecule has 1 rings (SSSR count). The van der Waals surface area contributed by atoms with Crippen molar-refractivity contribution in [1.82, 2.24) is 4.98 Å². The Morgan fingerprint density at radius 1 is 1.33 bits per heavy atom. The summed E-state index contributed by atoms with van der Waals surface area (Å²) in [4.78, 5) is 3.51. The number of hydrazine groups is 1. The first-order valence-corrected chi connectivity index (χ1v) is 4.45. The monoisotopic (exact) mass is 221 g/mol. The van der Waals surface area contributed by atoms with Crippen LogP contribution < -0.4 is 11.3 Å². The molecule has 0 radical (unpaired) electrons. The van der Waals surface area contributed by atoms with Gasteiger partial charge >= 0.3 is 6.18 Å². The number of rotatable bonds is 1. The highest BCUT2D eigenvalue weighted by Gasteiger charge is 2.31. The molecule has 1 aromatic rings. The molecule has 1 heterocycles. The van der Waals surface area contributed by atoms with E-state index in [1.807, 2.05) is 13.8 Å². The highest BCUT2D eigenvalue weighted by Crippen LogP contribution is 2.30. The summed E-state index contributed by atoms with van der Waals surface area (Å²) in [5, 5.41) is 0. The molecule has 0 amide bonds. The van der Waals surface area contributed by atoms with Crippen molar-refractivity contribution >= 4 is 5.82 Å². The molecule has 1 aromatic heterocycles. The Morgan fingerprint density at radius 3 is 2.20 bits per heavy atom. The van der Waals surface area contributed by atoms with E-state index >= 15 is 0 Å². The predicted octanol–water partition coefficient (Wildman–Crippen LogP) is 2.72. The van der Waals surface area contributed by atoms with Gasteiger partial charge in [0.05, 0.1) is 5.56 Å². The zero-order valence-corrected chi connectivity index (χ0v) is 8.81. The third kappa shape index (κ3) is 3.75. The number of halogens is 3. The molecule has 0 saturated heterocycles. The maximum absolute atomic E-state index is 12.1. The molecule has 0 fully saturated rings. The van der Waals surface area contributed by atoms with Gasteiger partial charge in [-0.05, 0) is 18.6 Å². The first kappa shape index (κ1) is 13.7. The topological polar surface area (TPSA) is 50.9 Å². The van der Waals surface area contributed by atoms with Gasteiger partial charge in [0.25, 0.3) is 0 Å². The number of nitrogens with zero attached hydrogens (tertiary/aromatic N) is 1. The Labute approximate surface area is 86.5 Å². The van der Waals surface area contributed by atoms with Crippen LogP contribution in [0.5, 0.6) is 0 Å². The van der Waals surface area contributed by atoms with Crippen molar-refractivity contribution in [2.45, 2.75) is 26.9 Å². The normalized spacial score (nSPS) is 10.3. The Morgan fingerprint density at radius 2 is 1.87 bits per heavy atom. The van der Waals surface area contributed by atoms with Gasteiger partial charge in [-0.1, -0.05) is 13.8 Å². The molecule has 3 N–H and O–H groups in total. The second-order valence-corrected chi connectivity index (χ2v) is 2.53. The van der Waals surface area contributed by atoms with E-state index < -0.39 is 11.7 Å². The lowest BCUT2D eigenvalue weighted by molar-refractivity contribution is -0.137. The SMILES string of the molecule is CC.Cc1cc(C(F)(F)F)cnc1NN. The third-order valence-corrected chi connectivity index (χ3v) is 1.54. The fraction of sp³-hybridized carbons (Fsp3) is 0.444. The van der Waals surface area contributed by atoms with E-state index in [9.17, 15) is 13.2 Å². The first-order chi connectivity index (χ1) is 6.95. The van der Waals surface area contributed by atoms with Crippen LogP contribution >= 0.6 is 0 Å². The molecule has 0 saturated carbocycles. The van der Waals surface area contributed by atoms with E-state index in [4.69, 9.17) is 5.84 Å². The molecule has 3 nitrogen and oxygen atoms in total. The van der Waals surface area contributed by atoms with Crippen LogP contribution in [-0.4, -0.2) is 4.98 Å². The van der Waals surface area contributed by atoms with Gasteiger partial charge in [0, 0.05) is 6.20 Å². The maximum Gasteiger partial charge on any atom is 0.417 e. The van der Waals surface area contributed by atoms with Gasteiger partial charge in [-0.15, -0.1) is 0 Å². The van der Waals surface area contributed by atoms with Crippen molar-refractivity contribution in [3.63, 3.8) is 0 Å². The van der Waals surface area contributed by atoms with Crippen LogP contribution in [0, 0.1) is 6.92 Å². The summed E-state index contributed by atoms with van der Waals surface area (Å²) >= 11 is 0. The van der Waals surface area contributed by atoms with Gasteiger partial charge in [0.15, 0.2) is 0 Å². The van der Waals surface area contributed by atoms with Crippen LogP contribution in [0.2, 0.25) is 0 Å². The first-order valence-electron chi connectivity index (χ1n) is 4.45. The largest absolute Gasteiger partial charge is 0.417 e. The molecule has 0 bridgehead atoms. The fourth-order valence-electron chi connectivity index (χ4n) is 0.881. The van der Waals surface area contributed by atoms with Crippen molar-refractivity contribution in [3.05, 3.63) is 23.4 Å². The standard InChI is InChI=1S/C7H8F3N3.C2H6/c1-4-2-5(7(8,9)10)3-12-6(4)13-11;1-2/h2-3H,11H2,1H3,(H,12,13);1-2H3. The van der Waals surface area contributed by atoms with Crippen molar-refractivity contribution in [2.24, 2.45) is 5.84 Å². The van der Waals surface area contributed by atoms with Crippen LogP contribution in [0.1, 0.15) is 25.0 Å². The molecule has 0 aromatic carbocycles. The van der Waals surface area contributed by atoms with Crippen LogP contribution in [0.4, 0.5) is 19.0 Å². The van der Waals surface area contributed by atoms with Gasteiger partial charge in [-0.25, -0.2) is 10.8 Å². The lowest BCUT2D eigenvalue weighted by Crippen LogP contribution is -2.12. The molecule has 0 atom stereocenters. The number of nitrogens with one attached hydrogen (secondary N) is 1. The summed E-state index contributed by atoms with van der Waals surface area (Å²) < 4.78 is 36.3. The number of aryl methyl sites for hydroxylation is 1. The lowest BCUT2D eigenvalue weighted by atomic mass is 10.2. The molecule has 0 aliphatic rings. The number of pyridine rings is 1. The molecule has 0 aliphatic carbocycles. The van der Waals surface area contributed by atoms with Crippen molar-refractivity contribution in [1.29, 1.82) is 0 Å². The molecular formula is C9H14F3N3. The van der Waals surface area contributed by atoms with Crippen molar-refractivity contribution < 1.29 is 13.2 Å². The average molecular weight is 221 g/mol. The van der Waals surface area contributed by atoms with Gasteiger partial charge in [0.2, 0.25) is 0 Å². The van der Waals surface area contributed by atoms with Crippen molar-refractivity contribution in [3.8, 4) is 0 Å². The lowest BCUT2D eigenvalue weighted by Gasteiger charge is -2.08. The van der Waals surface area contributed by atoms with Crippen LogP contribution in [-0.2, 0) is 6.18 Å². The summed E-state index contributed by atoms with van der Waals surface area (Å²) in [6.07, 6.45) is -3.62. The minimum Gasteiger partial charge on any atom is -0.308 e. The molecule has 0 unspecified atom stereocenters. The smallest absolute Gasteiger partial charge is 0.308 e. The molecule has 15 heavy (non-hydrogen) atoms. The van der Waals surface area contributed by atoms with Crippen LogP contribution in [0.15, 0.2) is 12.3 Å². The Balaban J connectivity index is 0.000000921. The summed E-state index contributed by atoms with van der Waals surface area (Å²) in [5.74, 6) is 5.26.